The first-order valence-electron chi connectivity index (χ1n) is 9.66. The quantitative estimate of drug-likeness (QED) is 0.364. The Morgan fingerprint density at radius 3 is 2.30 bits per heavy atom. The number of hydrogen-bond donors (Lipinski definition) is 0. The first kappa shape index (κ1) is 22.9. The number of benzene rings is 3. The van der Waals surface area contributed by atoms with Gasteiger partial charge in [0.1, 0.15) is 12.4 Å². The third kappa shape index (κ3) is 5.21. The minimum Gasteiger partial charge on any atom is -0.489 e. The maximum atomic E-state index is 13.6. The van der Waals surface area contributed by atoms with E-state index in [0.717, 1.165) is 16.6 Å². The van der Waals surface area contributed by atoms with E-state index < -0.39 is 23.4 Å². The second-order valence-corrected chi connectivity index (χ2v) is 7.89. The fourth-order valence-electron chi connectivity index (χ4n) is 3.13. The molecule has 1 heterocycles. The third-order valence-corrected chi connectivity index (χ3v) is 5.33. The van der Waals surface area contributed by atoms with Gasteiger partial charge in [-0.15, -0.1) is 0 Å². The van der Waals surface area contributed by atoms with Crippen molar-refractivity contribution < 1.29 is 22.7 Å². The van der Waals surface area contributed by atoms with Gasteiger partial charge in [0.15, 0.2) is 5.71 Å². The molecule has 0 saturated carbocycles. The van der Waals surface area contributed by atoms with E-state index in [0.29, 0.717) is 21.4 Å². The van der Waals surface area contributed by atoms with Crippen LogP contribution in [0.2, 0.25) is 10.0 Å². The lowest BCUT2D eigenvalue weighted by atomic mass is 10.1. The lowest BCUT2D eigenvalue weighted by Gasteiger charge is -2.11. The molecule has 4 nitrogen and oxygen atoms in total. The summed E-state index contributed by atoms with van der Waals surface area (Å²) in [4.78, 5) is 12.7. The summed E-state index contributed by atoms with van der Waals surface area (Å²) in [6, 6.07) is 19.3. The summed E-state index contributed by atoms with van der Waals surface area (Å²) in [6.07, 6.45) is -3.62. The Kier molecular flexibility index (Phi) is 6.44. The summed E-state index contributed by atoms with van der Waals surface area (Å²) >= 11 is 12.0. The smallest absolute Gasteiger partial charge is 0.435 e. The van der Waals surface area contributed by atoms with E-state index in [2.05, 4.69) is 5.10 Å². The van der Waals surface area contributed by atoms with Gasteiger partial charge < -0.3 is 4.74 Å². The maximum absolute atomic E-state index is 13.6. The number of anilines is 1. The molecular weight excluding hydrogens is 476 g/mol. The second kappa shape index (κ2) is 9.29. The molecular formula is C24H15Cl2F3N2O2. The molecule has 0 N–H and O–H groups in total. The highest BCUT2D eigenvalue weighted by Gasteiger charge is 2.46. The van der Waals surface area contributed by atoms with Crippen molar-refractivity contribution in [2.45, 2.75) is 12.8 Å². The van der Waals surface area contributed by atoms with Gasteiger partial charge in [0.05, 0.1) is 11.3 Å². The van der Waals surface area contributed by atoms with Crippen LogP contribution in [0.25, 0.3) is 6.08 Å². The van der Waals surface area contributed by atoms with Crippen LogP contribution in [-0.4, -0.2) is 17.8 Å². The summed E-state index contributed by atoms with van der Waals surface area (Å²) in [5, 5.41) is 5.27. The molecule has 9 heteroatoms. The molecule has 0 bridgehead atoms. The van der Waals surface area contributed by atoms with Crippen molar-refractivity contribution in [3.8, 4) is 5.75 Å². The van der Waals surface area contributed by atoms with Gasteiger partial charge in [-0.25, -0.2) is 0 Å². The number of amides is 1. The molecule has 3 aromatic carbocycles. The van der Waals surface area contributed by atoms with Crippen LogP contribution in [0.5, 0.6) is 5.75 Å². The van der Waals surface area contributed by atoms with Crippen LogP contribution in [0, 0.1) is 0 Å². The summed E-state index contributed by atoms with van der Waals surface area (Å²) < 4.78 is 46.4. The lowest BCUT2D eigenvalue weighted by Crippen LogP contribution is -2.25. The van der Waals surface area contributed by atoms with E-state index in [-0.39, 0.29) is 12.3 Å². The SMILES string of the molecule is O=C1/C(=C\c2ccc(OCc3ccc(Cl)cc3Cl)cc2)C(C(F)(F)F)=NN1c1ccccc1. The van der Waals surface area contributed by atoms with Crippen LogP contribution in [0.1, 0.15) is 11.1 Å². The monoisotopic (exact) mass is 490 g/mol. The number of rotatable bonds is 5. The topological polar surface area (TPSA) is 41.9 Å². The Morgan fingerprint density at radius 2 is 1.67 bits per heavy atom. The van der Waals surface area contributed by atoms with Crippen molar-refractivity contribution in [2.75, 3.05) is 5.01 Å². The van der Waals surface area contributed by atoms with Gasteiger partial charge in [-0.05, 0) is 48.0 Å². The molecule has 33 heavy (non-hydrogen) atoms. The van der Waals surface area contributed by atoms with Gasteiger partial charge in [0, 0.05) is 15.6 Å². The van der Waals surface area contributed by atoms with E-state index in [1.54, 1.807) is 60.7 Å². The minimum atomic E-state index is -4.79. The summed E-state index contributed by atoms with van der Waals surface area (Å²) in [5.74, 6) is -0.372. The number of nitrogens with zero attached hydrogens (tertiary/aromatic N) is 2. The fourth-order valence-corrected chi connectivity index (χ4v) is 3.59. The van der Waals surface area contributed by atoms with E-state index in [1.807, 2.05) is 0 Å². The van der Waals surface area contributed by atoms with Crippen LogP contribution in [0.3, 0.4) is 0 Å². The van der Waals surface area contributed by atoms with Gasteiger partial charge in [-0.1, -0.05) is 59.6 Å². The molecule has 0 atom stereocenters. The van der Waals surface area contributed by atoms with Crippen molar-refractivity contribution in [2.24, 2.45) is 5.10 Å². The zero-order valence-electron chi connectivity index (χ0n) is 16.8. The van der Waals surface area contributed by atoms with Crippen LogP contribution < -0.4 is 9.75 Å². The van der Waals surface area contributed by atoms with Crippen molar-refractivity contribution in [1.82, 2.24) is 0 Å². The number of halogens is 5. The predicted octanol–water partition coefficient (Wildman–Crippen LogP) is 6.92. The second-order valence-electron chi connectivity index (χ2n) is 7.05. The maximum Gasteiger partial charge on any atom is 0.435 e. The number of hydrogen-bond acceptors (Lipinski definition) is 3. The zero-order valence-corrected chi connectivity index (χ0v) is 18.3. The van der Waals surface area contributed by atoms with E-state index in [1.165, 1.54) is 12.1 Å². The molecule has 0 spiro atoms. The van der Waals surface area contributed by atoms with Gasteiger partial charge >= 0.3 is 6.18 Å². The number of ether oxygens (including phenoxy) is 1. The normalized spacial score (nSPS) is 15.2. The Labute approximate surface area is 197 Å². The molecule has 1 aliphatic rings. The van der Waals surface area contributed by atoms with Crippen molar-refractivity contribution in [3.63, 3.8) is 0 Å². The van der Waals surface area contributed by atoms with E-state index in [9.17, 15) is 18.0 Å². The Hall–Kier alpha value is -3.29. The van der Waals surface area contributed by atoms with Crippen LogP contribution in [-0.2, 0) is 11.4 Å². The highest BCUT2D eigenvalue weighted by Crippen LogP contribution is 2.32. The van der Waals surface area contributed by atoms with Crippen molar-refractivity contribution >= 4 is 46.6 Å². The number of hydrazone groups is 1. The predicted molar refractivity (Wildman–Crippen MR) is 123 cm³/mol. The van der Waals surface area contributed by atoms with Crippen molar-refractivity contribution in [3.05, 3.63) is 99.5 Å². The third-order valence-electron chi connectivity index (χ3n) is 4.75. The Balaban J connectivity index is 1.54. The first-order valence-corrected chi connectivity index (χ1v) is 10.4. The van der Waals surface area contributed by atoms with Gasteiger partial charge in [0.25, 0.3) is 5.91 Å². The van der Waals surface area contributed by atoms with E-state index in [4.69, 9.17) is 27.9 Å². The number of para-hydroxylation sites is 1. The Morgan fingerprint density at radius 1 is 0.970 bits per heavy atom. The first-order chi connectivity index (χ1) is 15.7. The molecule has 0 fully saturated rings. The highest BCUT2D eigenvalue weighted by atomic mass is 35.5. The zero-order chi connectivity index (χ0) is 23.6. The number of carbonyl (C=O) groups is 1. The molecule has 3 aromatic rings. The molecule has 1 aliphatic heterocycles. The highest BCUT2D eigenvalue weighted by molar-refractivity contribution is 6.35. The molecule has 0 saturated heterocycles. The molecule has 0 aromatic heterocycles. The lowest BCUT2D eigenvalue weighted by molar-refractivity contribution is -0.114. The van der Waals surface area contributed by atoms with Gasteiger partial charge in [-0.3, -0.25) is 4.79 Å². The van der Waals surface area contributed by atoms with Gasteiger partial charge in [0.2, 0.25) is 0 Å². The standard InChI is InChI=1S/C24H15Cl2F3N2O2/c25-17-9-8-16(21(26)13-17)14-33-19-10-6-15(7-11-19)12-20-22(24(27,28)29)30-31(23(20)32)18-4-2-1-3-5-18/h1-13H,14H2/b20-12-. The molecule has 168 valence electrons. The van der Waals surface area contributed by atoms with Gasteiger partial charge in [-0.2, -0.15) is 23.3 Å². The number of carbonyl (C=O) groups excluding carboxylic acids is 1. The molecule has 1 amide bonds. The summed E-state index contributed by atoms with van der Waals surface area (Å²) in [6.45, 7) is 0.186. The minimum absolute atomic E-state index is 0.186. The summed E-state index contributed by atoms with van der Waals surface area (Å²) in [5.41, 5.74) is -0.405. The molecule has 0 unspecified atom stereocenters. The number of alkyl halides is 3. The summed E-state index contributed by atoms with van der Waals surface area (Å²) in [7, 11) is 0. The van der Waals surface area contributed by atoms with Crippen LogP contribution in [0.4, 0.5) is 18.9 Å². The Bertz CT molecular complexity index is 1240. The van der Waals surface area contributed by atoms with Crippen molar-refractivity contribution in [1.29, 1.82) is 0 Å². The van der Waals surface area contributed by atoms with Crippen LogP contribution in [0.15, 0.2) is 83.5 Å². The molecule has 0 aliphatic carbocycles. The van der Waals surface area contributed by atoms with E-state index >= 15 is 0 Å². The molecule has 4 rings (SSSR count). The van der Waals surface area contributed by atoms with Crippen LogP contribution >= 0.6 is 23.2 Å². The average Bonchev–Trinajstić information content (AvgIpc) is 3.11. The average molecular weight is 491 g/mol. The largest absolute Gasteiger partial charge is 0.489 e. The fraction of sp³-hybridized carbons (Fsp3) is 0.0833. The molecule has 0 radical (unpaired) electrons.